The Morgan fingerprint density at radius 2 is 1.84 bits per heavy atom. The average Bonchev–Trinajstić information content (AvgIpc) is 3.02. The highest BCUT2D eigenvalue weighted by Crippen LogP contribution is 2.35. The van der Waals surface area contributed by atoms with E-state index in [4.69, 9.17) is 19.3 Å². The molecule has 0 aromatic heterocycles. The molecule has 162 valence electrons. The van der Waals surface area contributed by atoms with Crippen LogP contribution < -0.4 is 14.2 Å². The van der Waals surface area contributed by atoms with E-state index in [2.05, 4.69) is 4.99 Å². The number of carboxylic acids is 1. The molecular weight excluding hydrogens is 420 g/mol. The number of carboxylic acid groups (broad SMARTS) is 1. The number of thioether (sulfide) groups is 1. The fourth-order valence-electron chi connectivity index (χ4n) is 2.68. The Morgan fingerprint density at radius 3 is 2.45 bits per heavy atom. The van der Waals surface area contributed by atoms with Gasteiger partial charge in [-0.3, -0.25) is 9.69 Å². The van der Waals surface area contributed by atoms with Gasteiger partial charge in [-0.15, -0.1) is 0 Å². The van der Waals surface area contributed by atoms with E-state index in [9.17, 15) is 9.59 Å². The number of hydrogen-bond donors (Lipinski definition) is 1. The summed E-state index contributed by atoms with van der Waals surface area (Å²) in [4.78, 5) is 30.2. The van der Waals surface area contributed by atoms with Crippen molar-refractivity contribution in [1.29, 1.82) is 0 Å². The molecule has 1 heterocycles. The molecule has 1 saturated heterocycles. The summed E-state index contributed by atoms with van der Waals surface area (Å²) in [6.07, 6.45) is 0.711. The molecule has 1 N–H and O–H groups in total. The van der Waals surface area contributed by atoms with Crippen molar-refractivity contribution >= 4 is 40.6 Å². The number of carbonyl (C=O) groups excluding carboxylic acids is 1. The third-order valence-electron chi connectivity index (χ3n) is 4.44. The topological polar surface area (TPSA) is 97.7 Å². The van der Waals surface area contributed by atoms with Crippen molar-refractivity contribution < 1.29 is 28.9 Å². The SMILES string of the molecule is COc1ccc(N=C2S/C(=C/c3ccc(O[C@H](C)C(=O)O)c(OC)c3)C(=O)N2C)cc1. The highest BCUT2D eigenvalue weighted by atomic mass is 32.2. The van der Waals surface area contributed by atoms with Gasteiger partial charge < -0.3 is 19.3 Å². The second kappa shape index (κ2) is 9.57. The molecule has 1 aliphatic rings. The maximum atomic E-state index is 12.7. The van der Waals surface area contributed by atoms with Gasteiger partial charge in [0.25, 0.3) is 5.91 Å². The molecule has 1 atom stereocenters. The number of hydrogen-bond acceptors (Lipinski definition) is 7. The highest BCUT2D eigenvalue weighted by Gasteiger charge is 2.30. The number of carbonyl (C=O) groups is 2. The van der Waals surface area contributed by atoms with E-state index in [1.165, 1.54) is 30.7 Å². The molecule has 31 heavy (non-hydrogen) atoms. The first-order valence-corrected chi connectivity index (χ1v) is 10.1. The highest BCUT2D eigenvalue weighted by molar-refractivity contribution is 8.18. The number of amidine groups is 1. The lowest BCUT2D eigenvalue weighted by atomic mass is 10.2. The Kier molecular flexibility index (Phi) is 6.86. The van der Waals surface area contributed by atoms with Gasteiger partial charge in [-0.25, -0.2) is 9.79 Å². The first-order valence-electron chi connectivity index (χ1n) is 9.30. The number of ether oxygens (including phenoxy) is 3. The van der Waals surface area contributed by atoms with Crippen LogP contribution in [0.3, 0.4) is 0 Å². The van der Waals surface area contributed by atoms with E-state index in [1.54, 1.807) is 50.6 Å². The van der Waals surface area contributed by atoms with E-state index in [-0.39, 0.29) is 5.91 Å². The number of rotatable bonds is 7. The monoisotopic (exact) mass is 442 g/mol. The lowest BCUT2D eigenvalue weighted by molar-refractivity contribution is -0.144. The third-order valence-corrected chi connectivity index (χ3v) is 5.50. The average molecular weight is 442 g/mol. The molecular formula is C22H22N2O6S. The van der Waals surface area contributed by atoms with Crippen LogP contribution in [0, 0.1) is 0 Å². The second-order valence-electron chi connectivity index (χ2n) is 6.58. The van der Waals surface area contributed by atoms with Crippen LogP contribution in [-0.2, 0) is 9.59 Å². The van der Waals surface area contributed by atoms with Gasteiger partial charge in [0.15, 0.2) is 22.8 Å². The molecule has 1 amide bonds. The summed E-state index contributed by atoms with van der Waals surface area (Å²) in [6.45, 7) is 1.44. The van der Waals surface area contributed by atoms with E-state index in [0.717, 1.165) is 5.75 Å². The number of likely N-dealkylation sites (N-methyl/N-ethyl adjacent to an activating group) is 1. The molecule has 2 aromatic carbocycles. The fourth-order valence-corrected chi connectivity index (χ4v) is 3.67. The number of benzene rings is 2. The Morgan fingerprint density at radius 1 is 1.13 bits per heavy atom. The number of methoxy groups -OCH3 is 2. The largest absolute Gasteiger partial charge is 0.497 e. The van der Waals surface area contributed by atoms with Gasteiger partial charge in [0.2, 0.25) is 0 Å². The van der Waals surface area contributed by atoms with Crippen LogP contribution >= 0.6 is 11.8 Å². The van der Waals surface area contributed by atoms with Gasteiger partial charge in [0.1, 0.15) is 5.75 Å². The minimum Gasteiger partial charge on any atom is -0.497 e. The summed E-state index contributed by atoms with van der Waals surface area (Å²) in [6, 6.07) is 12.3. The van der Waals surface area contributed by atoms with Gasteiger partial charge in [0.05, 0.1) is 24.8 Å². The molecule has 0 radical (unpaired) electrons. The minimum atomic E-state index is -1.08. The Balaban J connectivity index is 1.83. The van der Waals surface area contributed by atoms with Crippen molar-refractivity contribution in [3.63, 3.8) is 0 Å². The van der Waals surface area contributed by atoms with Crippen LogP contribution in [-0.4, -0.2) is 54.4 Å². The van der Waals surface area contributed by atoms with Crippen LogP contribution in [0.15, 0.2) is 52.4 Å². The van der Waals surface area contributed by atoms with E-state index in [0.29, 0.717) is 32.8 Å². The van der Waals surface area contributed by atoms with E-state index in [1.807, 2.05) is 12.1 Å². The zero-order valence-electron chi connectivity index (χ0n) is 17.5. The predicted molar refractivity (Wildman–Crippen MR) is 119 cm³/mol. The Labute approximate surface area is 184 Å². The van der Waals surface area contributed by atoms with E-state index < -0.39 is 12.1 Å². The molecule has 1 aliphatic heterocycles. The van der Waals surface area contributed by atoms with Crippen LogP contribution in [0.25, 0.3) is 6.08 Å². The Bertz CT molecular complexity index is 1050. The van der Waals surface area contributed by atoms with E-state index >= 15 is 0 Å². The van der Waals surface area contributed by atoms with Crippen molar-refractivity contribution in [3.8, 4) is 17.2 Å². The summed E-state index contributed by atoms with van der Waals surface area (Å²) in [5.74, 6) is 0.165. The quantitative estimate of drug-likeness (QED) is 0.652. The van der Waals surface area contributed by atoms with Crippen molar-refractivity contribution in [1.82, 2.24) is 4.90 Å². The van der Waals surface area contributed by atoms with Crippen LogP contribution in [0.5, 0.6) is 17.2 Å². The van der Waals surface area contributed by atoms with Crippen LogP contribution in [0.1, 0.15) is 12.5 Å². The number of amides is 1. The molecule has 8 nitrogen and oxygen atoms in total. The van der Waals surface area contributed by atoms with Crippen LogP contribution in [0.4, 0.5) is 5.69 Å². The maximum absolute atomic E-state index is 12.7. The third kappa shape index (κ3) is 5.18. The molecule has 0 aliphatic carbocycles. The molecule has 0 bridgehead atoms. The number of aliphatic carboxylic acids is 1. The minimum absolute atomic E-state index is 0.170. The molecule has 1 fully saturated rings. The molecule has 0 saturated carbocycles. The molecule has 9 heteroatoms. The lowest BCUT2D eigenvalue weighted by Crippen LogP contribution is -2.23. The second-order valence-corrected chi connectivity index (χ2v) is 7.58. The normalized spacial score (nSPS) is 17.2. The van der Waals surface area contributed by atoms with Crippen molar-refractivity contribution in [2.45, 2.75) is 13.0 Å². The maximum Gasteiger partial charge on any atom is 0.344 e. The summed E-state index contributed by atoms with van der Waals surface area (Å²) in [7, 11) is 4.73. The Hall–Kier alpha value is -3.46. The number of nitrogens with zero attached hydrogens (tertiary/aromatic N) is 2. The van der Waals surface area contributed by atoms with Crippen molar-refractivity contribution in [2.24, 2.45) is 4.99 Å². The first kappa shape index (κ1) is 22.2. The van der Waals surface area contributed by atoms with Gasteiger partial charge in [-0.2, -0.15) is 0 Å². The summed E-state index contributed by atoms with van der Waals surface area (Å²) in [5, 5.41) is 9.58. The smallest absolute Gasteiger partial charge is 0.344 e. The van der Waals surface area contributed by atoms with Crippen molar-refractivity contribution in [3.05, 3.63) is 52.9 Å². The predicted octanol–water partition coefficient (Wildman–Crippen LogP) is 3.79. The van der Waals surface area contributed by atoms with Crippen molar-refractivity contribution in [2.75, 3.05) is 21.3 Å². The fraction of sp³-hybridized carbons (Fsp3) is 0.227. The summed E-state index contributed by atoms with van der Waals surface area (Å²) in [5.41, 5.74) is 1.42. The van der Waals surface area contributed by atoms with Gasteiger partial charge in [-0.05, 0) is 66.7 Å². The molecule has 0 spiro atoms. The lowest BCUT2D eigenvalue weighted by Gasteiger charge is -2.14. The molecule has 0 unspecified atom stereocenters. The zero-order valence-corrected chi connectivity index (χ0v) is 18.3. The van der Waals surface area contributed by atoms with Gasteiger partial charge >= 0.3 is 5.97 Å². The molecule has 2 aromatic rings. The summed E-state index contributed by atoms with van der Waals surface area (Å²) < 4.78 is 15.9. The van der Waals surface area contributed by atoms with Crippen LogP contribution in [0.2, 0.25) is 0 Å². The summed E-state index contributed by atoms with van der Waals surface area (Å²) >= 11 is 1.27. The van der Waals surface area contributed by atoms with Gasteiger partial charge in [-0.1, -0.05) is 6.07 Å². The standard InChI is InChI=1S/C22H22N2O6S/c1-13(21(26)27)30-17-10-5-14(11-18(17)29-4)12-19-20(25)24(2)22(31-19)23-15-6-8-16(28-3)9-7-15/h5-13H,1-4H3,(H,26,27)/b19-12+,23-22?/t13-/m1/s1. The zero-order chi connectivity index (χ0) is 22.5. The van der Waals surface area contributed by atoms with Gasteiger partial charge in [0, 0.05) is 7.05 Å². The number of aliphatic imine (C=N–C) groups is 1. The first-order chi connectivity index (χ1) is 14.8. The molecule has 3 rings (SSSR count).